The Hall–Kier alpha value is -1.05. The molecule has 0 aliphatic rings. The zero-order chi connectivity index (χ0) is 11.2. The summed E-state index contributed by atoms with van der Waals surface area (Å²) < 4.78 is 36.1. The Morgan fingerprint density at radius 3 is 2.73 bits per heavy atom. The van der Waals surface area contributed by atoms with Crippen molar-refractivity contribution < 1.29 is 17.4 Å². The number of fused-ring (bicyclic) bond motifs is 1. The Labute approximate surface area is 91.3 Å². The molecule has 2 aromatic rings. The van der Waals surface area contributed by atoms with Crippen molar-refractivity contribution in [2.45, 2.75) is 17.0 Å². The van der Waals surface area contributed by atoms with Crippen molar-refractivity contribution in [2.75, 3.05) is 0 Å². The van der Waals surface area contributed by atoms with Gasteiger partial charge in [0.1, 0.15) is 10.4 Å². The van der Waals surface area contributed by atoms with Crippen LogP contribution < -0.4 is 0 Å². The zero-order valence-electron chi connectivity index (χ0n) is 7.63. The first-order chi connectivity index (χ1) is 6.88. The predicted octanol–water partition coefficient (Wildman–Crippen LogP) is 1.67. The van der Waals surface area contributed by atoms with E-state index in [2.05, 4.69) is 17.6 Å². The maximum absolute atomic E-state index is 11.1. The third kappa shape index (κ3) is 1.85. The second-order valence-corrected chi connectivity index (χ2v) is 4.86. The number of oxazole rings is 1. The van der Waals surface area contributed by atoms with E-state index in [1.165, 1.54) is 6.07 Å². The van der Waals surface area contributed by atoms with Crippen molar-refractivity contribution in [2.24, 2.45) is 0 Å². The smallest absolute Gasteiger partial charge is 0.298 e. The molecule has 1 N–H and O–H groups in total. The molecule has 0 aliphatic carbocycles. The van der Waals surface area contributed by atoms with E-state index in [0.717, 1.165) is 0 Å². The molecular weight excluding hydrogens is 238 g/mol. The van der Waals surface area contributed by atoms with E-state index in [4.69, 9.17) is 8.97 Å². The first kappa shape index (κ1) is 10.5. The van der Waals surface area contributed by atoms with Gasteiger partial charge in [0.15, 0.2) is 5.58 Å². The van der Waals surface area contributed by atoms with Crippen LogP contribution in [0, 0.1) is 6.92 Å². The number of aromatic nitrogens is 1. The molecular formula is C8H7NO4S2. The normalized spacial score (nSPS) is 12.2. The summed E-state index contributed by atoms with van der Waals surface area (Å²) >= 11 is 3.87. The lowest BCUT2D eigenvalue weighted by atomic mass is 10.2. The number of benzene rings is 1. The van der Waals surface area contributed by atoms with Gasteiger partial charge in [-0.05, 0) is 24.6 Å². The second-order valence-electron chi connectivity index (χ2n) is 3.08. The molecule has 1 aromatic carbocycles. The summed E-state index contributed by atoms with van der Waals surface area (Å²) in [7, 11) is -4.31. The van der Waals surface area contributed by atoms with Crippen molar-refractivity contribution in [3.05, 3.63) is 17.7 Å². The van der Waals surface area contributed by atoms with Crippen molar-refractivity contribution >= 4 is 33.8 Å². The van der Waals surface area contributed by atoms with Gasteiger partial charge in [0.25, 0.3) is 15.3 Å². The van der Waals surface area contributed by atoms with E-state index in [9.17, 15) is 8.42 Å². The van der Waals surface area contributed by atoms with Crippen LogP contribution in [0.2, 0.25) is 0 Å². The highest BCUT2D eigenvalue weighted by Crippen LogP contribution is 2.26. The summed E-state index contributed by atoms with van der Waals surface area (Å²) in [5, 5.41) is 0.0560. The highest BCUT2D eigenvalue weighted by Gasteiger charge is 2.19. The number of thiol groups is 1. The average Bonchev–Trinajstić information content (AvgIpc) is 2.41. The molecule has 5 nitrogen and oxygen atoms in total. The Bertz CT molecular complexity index is 629. The topological polar surface area (TPSA) is 80.4 Å². The van der Waals surface area contributed by atoms with Crippen LogP contribution in [0.5, 0.6) is 0 Å². The maximum Gasteiger partial charge on any atom is 0.298 e. The molecule has 7 heteroatoms. The van der Waals surface area contributed by atoms with Crippen molar-refractivity contribution in [1.82, 2.24) is 4.98 Å². The standard InChI is InChI=1S/C8H7NO4S2/c1-4-2-5-7(13-8(14)9-5)6(3-4)15(10,11)12/h2-3H,1H3,(H,9,14)(H,10,11,12). The third-order valence-electron chi connectivity index (χ3n) is 1.87. The van der Waals surface area contributed by atoms with Gasteiger partial charge in [-0.25, -0.2) is 4.98 Å². The fourth-order valence-electron chi connectivity index (χ4n) is 1.32. The van der Waals surface area contributed by atoms with E-state index < -0.39 is 10.1 Å². The van der Waals surface area contributed by atoms with Crippen LogP contribution in [0.3, 0.4) is 0 Å². The molecule has 0 amide bonds. The Kier molecular flexibility index (Phi) is 2.25. The second kappa shape index (κ2) is 3.22. The molecule has 1 heterocycles. The van der Waals surface area contributed by atoms with Gasteiger partial charge in [0, 0.05) is 0 Å². The maximum atomic E-state index is 11.1. The first-order valence-electron chi connectivity index (χ1n) is 3.95. The summed E-state index contributed by atoms with van der Waals surface area (Å²) in [5.41, 5.74) is 1.04. The van der Waals surface area contributed by atoms with Crippen molar-refractivity contribution in [3.63, 3.8) is 0 Å². The molecule has 0 aliphatic heterocycles. The molecule has 2 rings (SSSR count). The van der Waals surface area contributed by atoms with Gasteiger partial charge in [-0.3, -0.25) is 4.55 Å². The first-order valence-corrected chi connectivity index (χ1v) is 5.84. The fourth-order valence-corrected chi connectivity index (χ4v) is 2.23. The van der Waals surface area contributed by atoms with Gasteiger partial charge in [0.05, 0.1) is 0 Å². The van der Waals surface area contributed by atoms with Crippen LogP contribution in [-0.2, 0) is 10.1 Å². The number of rotatable bonds is 1. The van der Waals surface area contributed by atoms with Gasteiger partial charge in [-0.1, -0.05) is 12.6 Å². The lowest BCUT2D eigenvalue weighted by Crippen LogP contribution is -1.99. The van der Waals surface area contributed by atoms with E-state index in [1.54, 1.807) is 13.0 Å². The van der Waals surface area contributed by atoms with Gasteiger partial charge >= 0.3 is 0 Å². The number of aryl methyl sites for hydroxylation is 1. The molecule has 0 fully saturated rings. The van der Waals surface area contributed by atoms with E-state index >= 15 is 0 Å². The largest absolute Gasteiger partial charge is 0.430 e. The molecule has 0 bridgehead atoms. The van der Waals surface area contributed by atoms with Gasteiger partial charge in [-0.15, -0.1) is 0 Å². The van der Waals surface area contributed by atoms with Crippen molar-refractivity contribution in [3.8, 4) is 0 Å². The van der Waals surface area contributed by atoms with Crippen molar-refractivity contribution in [1.29, 1.82) is 0 Å². The lowest BCUT2D eigenvalue weighted by molar-refractivity contribution is 0.468. The van der Waals surface area contributed by atoms with Crippen LogP contribution in [-0.4, -0.2) is 18.0 Å². The van der Waals surface area contributed by atoms with Gasteiger partial charge < -0.3 is 4.42 Å². The summed E-state index contributed by atoms with van der Waals surface area (Å²) in [6.07, 6.45) is 0. The van der Waals surface area contributed by atoms with Gasteiger partial charge in [0.2, 0.25) is 0 Å². The third-order valence-corrected chi connectivity index (χ3v) is 2.92. The van der Waals surface area contributed by atoms with Crippen LogP contribution in [0.1, 0.15) is 5.56 Å². The predicted molar refractivity (Wildman–Crippen MR) is 55.8 cm³/mol. The molecule has 80 valence electrons. The molecule has 0 radical (unpaired) electrons. The molecule has 0 saturated heterocycles. The van der Waals surface area contributed by atoms with E-state index in [-0.39, 0.29) is 15.7 Å². The molecule has 1 aromatic heterocycles. The van der Waals surface area contributed by atoms with E-state index in [1.807, 2.05) is 0 Å². The fraction of sp³-hybridized carbons (Fsp3) is 0.125. The zero-order valence-corrected chi connectivity index (χ0v) is 9.34. The van der Waals surface area contributed by atoms with Crippen LogP contribution in [0.4, 0.5) is 0 Å². The highest BCUT2D eigenvalue weighted by atomic mass is 32.2. The number of hydrogen-bond acceptors (Lipinski definition) is 5. The van der Waals surface area contributed by atoms with E-state index in [0.29, 0.717) is 11.1 Å². The number of hydrogen-bond donors (Lipinski definition) is 2. The van der Waals surface area contributed by atoms with Crippen LogP contribution >= 0.6 is 12.6 Å². The van der Waals surface area contributed by atoms with Gasteiger partial charge in [-0.2, -0.15) is 8.42 Å². The lowest BCUT2D eigenvalue weighted by Gasteiger charge is -1.98. The summed E-state index contributed by atoms with van der Waals surface area (Å²) in [6, 6.07) is 2.96. The molecule has 0 spiro atoms. The SMILES string of the molecule is Cc1cc(S(=O)(=O)O)c2oc(S)nc2c1. The molecule has 0 atom stereocenters. The Balaban J connectivity index is 2.94. The summed E-state index contributed by atoms with van der Waals surface area (Å²) in [4.78, 5) is 3.58. The summed E-state index contributed by atoms with van der Waals surface area (Å²) in [5.74, 6) is 0. The highest BCUT2D eigenvalue weighted by molar-refractivity contribution is 7.86. The molecule has 0 saturated carbocycles. The minimum atomic E-state index is -4.31. The molecule has 15 heavy (non-hydrogen) atoms. The summed E-state index contributed by atoms with van der Waals surface area (Å²) in [6.45, 7) is 1.70. The Morgan fingerprint density at radius 2 is 2.13 bits per heavy atom. The number of nitrogens with zero attached hydrogens (tertiary/aromatic N) is 1. The minimum Gasteiger partial charge on any atom is -0.430 e. The molecule has 0 unspecified atom stereocenters. The minimum absolute atomic E-state index is 0.0214. The quantitative estimate of drug-likeness (QED) is 0.590. The Morgan fingerprint density at radius 1 is 1.47 bits per heavy atom. The average molecular weight is 245 g/mol. The monoisotopic (exact) mass is 245 g/mol. The van der Waals surface area contributed by atoms with Crippen LogP contribution in [0.15, 0.2) is 26.7 Å². The van der Waals surface area contributed by atoms with Crippen LogP contribution in [0.25, 0.3) is 11.1 Å².